The molecular weight excluding hydrogens is 143 g/mol. The fraction of sp³-hybridized carbons (Fsp3) is 0.667. The molecule has 4 atom stereocenters. The fourth-order valence-corrected chi connectivity index (χ4v) is 3.99. The van der Waals surface area contributed by atoms with Crippen LogP contribution in [0.25, 0.3) is 0 Å². The van der Waals surface area contributed by atoms with Gasteiger partial charge in [-0.15, -0.1) is 23.5 Å². The number of fused-ring (bicyclic) bond motifs is 3. The largest absolute Gasteiger partial charge is 0.147 e. The van der Waals surface area contributed by atoms with Gasteiger partial charge in [0.2, 0.25) is 0 Å². The Morgan fingerprint density at radius 2 is 1.33 bits per heavy atom. The average molecular weight is 149 g/mol. The normalized spacial score (nSPS) is 56.9. The molecule has 0 nitrogen and oxygen atoms in total. The van der Waals surface area contributed by atoms with Crippen molar-refractivity contribution in [3.05, 3.63) is 12.2 Å². The Labute approximate surface area is 75.4 Å². The summed E-state index contributed by atoms with van der Waals surface area (Å²) in [7, 11) is 0. The van der Waals surface area contributed by atoms with Gasteiger partial charge in [-0.3, -0.25) is 0 Å². The molecule has 0 amide bonds. The topological polar surface area (TPSA) is 0 Å². The minimum atomic E-state index is 0. The van der Waals surface area contributed by atoms with Crippen LogP contribution in [0, 0.1) is 0 Å². The first-order valence-electron chi connectivity index (χ1n) is 2.94. The van der Waals surface area contributed by atoms with Gasteiger partial charge in [0.05, 0.1) is 0 Å². The molecule has 1 aliphatic carbocycles. The standard InChI is InChI=1S/C6H6S2.Li/c1-2-4-6(8-4)5-3(1)7-5;/h1-6H;. The minimum absolute atomic E-state index is 0. The first-order chi connectivity index (χ1) is 3.95. The molecule has 2 saturated heterocycles. The third-order valence-corrected chi connectivity index (χ3v) is 4.81. The second-order valence-electron chi connectivity index (χ2n) is 2.52. The van der Waals surface area contributed by atoms with Gasteiger partial charge in [-0.05, 0) is 0 Å². The number of thioether (sulfide) groups is 2. The van der Waals surface area contributed by atoms with Gasteiger partial charge in [-0.2, -0.15) is 0 Å². The Morgan fingerprint density at radius 1 is 0.889 bits per heavy atom. The number of hydrogen-bond donors (Lipinski definition) is 0. The maximum Gasteiger partial charge on any atom is 0.0361 e. The minimum Gasteiger partial charge on any atom is -0.147 e. The molecule has 0 saturated carbocycles. The van der Waals surface area contributed by atoms with E-state index in [-0.39, 0.29) is 18.9 Å². The molecule has 2 aliphatic heterocycles. The molecule has 4 unspecified atom stereocenters. The molecule has 0 aromatic heterocycles. The molecule has 2 fully saturated rings. The molecule has 9 heavy (non-hydrogen) atoms. The van der Waals surface area contributed by atoms with Crippen LogP contribution in [0.15, 0.2) is 12.2 Å². The van der Waals surface area contributed by atoms with Gasteiger partial charge in [-0.25, -0.2) is 0 Å². The average Bonchev–Trinajstić information content (AvgIpc) is 2.59. The monoisotopic (exact) mass is 149 g/mol. The second kappa shape index (κ2) is 2.01. The van der Waals surface area contributed by atoms with Gasteiger partial charge < -0.3 is 0 Å². The predicted molar refractivity (Wildman–Crippen MR) is 45.2 cm³/mol. The third-order valence-electron chi connectivity index (χ3n) is 1.94. The molecular formula is C6H6LiS2. The maximum atomic E-state index is 2.39. The molecule has 3 aliphatic rings. The molecule has 3 rings (SSSR count). The van der Waals surface area contributed by atoms with Gasteiger partial charge >= 0.3 is 0 Å². The zero-order valence-corrected chi connectivity index (χ0v) is 6.91. The predicted octanol–water partition coefficient (Wildman–Crippen LogP) is 1.14. The van der Waals surface area contributed by atoms with Crippen LogP contribution in [0.3, 0.4) is 0 Å². The Balaban J connectivity index is 0.000000333. The van der Waals surface area contributed by atoms with Crippen molar-refractivity contribution < 1.29 is 0 Å². The first-order valence-corrected chi connectivity index (χ1v) is 4.83. The first kappa shape index (κ1) is 6.73. The van der Waals surface area contributed by atoms with Crippen LogP contribution < -0.4 is 0 Å². The van der Waals surface area contributed by atoms with E-state index >= 15 is 0 Å². The molecule has 0 aromatic carbocycles. The van der Waals surface area contributed by atoms with Gasteiger partial charge in [0.1, 0.15) is 0 Å². The van der Waals surface area contributed by atoms with Gasteiger partial charge in [0.25, 0.3) is 0 Å². The summed E-state index contributed by atoms with van der Waals surface area (Å²) in [5.74, 6) is 0. The number of rotatable bonds is 0. The van der Waals surface area contributed by atoms with E-state index in [4.69, 9.17) is 0 Å². The summed E-state index contributed by atoms with van der Waals surface area (Å²) in [5, 5.41) is 3.95. The van der Waals surface area contributed by atoms with Crippen LogP contribution in [-0.2, 0) is 0 Å². The van der Waals surface area contributed by atoms with Crippen molar-refractivity contribution in [1.29, 1.82) is 0 Å². The molecule has 1 radical (unpaired) electrons. The van der Waals surface area contributed by atoms with E-state index in [1.54, 1.807) is 0 Å². The van der Waals surface area contributed by atoms with Crippen molar-refractivity contribution >= 4 is 42.4 Å². The van der Waals surface area contributed by atoms with Crippen LogP contribution in [0.2, 0.25) is 0 Å². The van der Waals surface area contributed by atoms with Gasteiger partial charge in [0.15, 0.2) is 0 Å². The molecule has 0 N–H and O–H groups in total. The summed E-state index contributed by atoms with van der Waals surface area (Å²) < 4.78 is 0. The summed E-state index contributed by atoms with van der Waals surface area (Å²) in [6.45, 7) is 0. The molecule has 0 aromatic rings. The van der Waals surface area contributed by atoms with Crippen molar-refractivity contribution in [2.75, 3.05) is 0 Å². The van der Waals surface area contributed by atoms with Crippen molar-refractivity contribution in [3.63, 3.8) is 0 Å². The maximum absolute atomic E-state index is 2.39. The molecule has 43 valence electrons. The summed E-state index contributed by atoms with van der Waals surface area (Å²) >= 11 is 4.28. The van der Waals surface area contributed by atoms with E-state index in [9.17, 15) is 0 Å². The smallest absolute Gasteiger partial charge is 0.0361 e. The summed E-state index contributed by atoms with van der Waals surface area (Å²) in [4.78, 5) is 0. The van der Waals surface area contributed by atoms with Crippen LogP contribution in [0.1, 0.15) is 0 Å². The van der Waals surface area contributed by atoms with Gasteiger partial charge in [-0.1, -0.05) is 12.2 Å². The summed E-state index contributed by atoms with van der Waals surface area (Å²) in [5.41, 5.74) is 0. The van der Waals surface area contributed by atoms with Crippen molar-refractivity contribution in [3.8, 4) is 0 Å². The molecule has 0 spiro atoms. The molecule has 2 heterocycles. The SMILES string of the molecule is C1=CC2SC2C2SC12.[Li]. The van der Waals surface area contributed by atoms with Gasteiger partial charge in [0, 0.05) is 39.9 Å². The fourth-order valence-electron chi connectivity index (χ4n) is 1.33. The van der Waals surface area contributed by atoms with Crippen LogP contribution >= 0.6 is 23.5 Å². The second-order valence-corrected chi connectivity index (χ2v) is 5.24. The quantitative estimate of drug-likeness (QED) is 0.288. The third kappa shape index (κ3) is 0.922. The molecule has 3 heteroatoms. The summed E-state index contributed by atoms with van der Waals surface area (Å²) in [6, 6.07) is 0. The Bertz CT molecular complexity index is 150. The van der Waals surface area contributed by atoms with Crippen molar-refractivity contribution in [2.24, 2.45) is 0 Å². The van der Waals surface area contributed by atoms with E-state index in [2.05, 4.69) is 35.7 Å². The zero-order valence-electron chi connectivity index (χ0n) is 5.28. The number of hydrogen-bond acceptors (Lipinski definition) is 2. The Morgan fingerprint density at radius 3 is 1.78 bits per heavy atom. The van der Waals surface area contributed by atoms with Crippen LogP contribution in [0.5, 0.6) is 0 Å². The Kier molecular flexibility index (Phi) is 1.50. The molecule has 0 bridgehead atoms. The van der Waals surface area contributed by atoms with E-state index in [0.717, 1.165) is 21.0 Å². The van der Waals surface area contributed by atoms with Crippen LogP contribution in [0.4, 0.5) is 0 Å². The Hall–Kier alpha value is 1.04. The van der Waals surface area contributed by atoms with E-state index in [1.165, 1.54) is 0 Å². The van der Waals surface area contributed by atoms with Crippen LogP contribution in [-0.4, -0.2) is 39.9 Å². The van der Waals surface area contributed by atoms with Crippen molar-refractivity contribution in [1.82, 2.24) is 0 Å². The zero-order chi connectivity index (χ0) is 5.14. The summed E-state index contributed by atoms with van der Waals surface area (Å²) in [6.07, 6.45) is 4.77. The van der Waals surface area contributed by atoms with E-state index < -0.39 is 0 Å². The van der Waals surface area contributed by atoms with E-state index in [1.807, 2.05) is 0 Å². The van der Waals surface area contributed by atoms with Crippen molar-refractivity contribution in [2.45, 2.75) is 21.0 Å². The van der Waals surface area contributed by atoms with E-state index in [0.29, 0.717) is 0 Å².